The molecule has 0 bridgehead atoms. The first-order valence-corrected chi connectivity index (χ1v) is 6.17. The molecule has 0 spiro atoms. The second kappa shape index (κ2) is 5.94. The maximum atomic E-state index is 12.8. The van der Waals surface area contributed by atoms with E-state index in [1.54, 1.807) is 12.4 Å². The molecule has 0 saturated heterocycles. The second-order valence-corrected chi connectivity index (χ2v) is 4.37. The highest BCUT2D eigenvalue weighted by Gasteiger charge is 2.33. The van der Waals surface area contributed by atoms with Crippen LogP contribution in [0.3, 0.4) is 0 Å². The molecule has 0 aliphatic carbocycles. The van der Waals surface area contributed by atoms with Gasteiger partial charge in [-0.1, -0.05) is 0 Å². The SMILES string of the molecule is CNc1nc(NCc2cnccc2C)cc(C(F)(F)F)n1. The summed E-state index contributed by atoms with van der Waals surface area (Å²) in [5.74, 6) is 0.0140. The number of pyridine rings is 1. The smallest absolute Gasteiger partial charge is 0.366 e. The maximum Gasteiger partial charge on any atom is 0.433 e. The molecule has 0 fully saturated rings. The lowest BCUT2D eigenvalue weighted by Crippen LogP contribution is -2.13. The molecule has 2 N–H and O–H groups in total. The molecule has 2 rings (SSSR count). The highest BCUT2D eigenvalue weighted by atomic mass is 19.4. The third kappa shape index (κ3) is 3.80. The number of nitrogens with one attached hydrogen (secondary N) is 2. The van der Waals surface area contributed by atoms with Crippen LogP contribution in [0.2, 0.25) is 0 Å². The molecule has 0 amide bonds. The van der Waals surface area contributed by atoms with Gasteiger partial charge >= 0.3 is 6.18 Å². The van der Waals surface area contributed by atoms with Crippen molar-refractivity contribution >= 4 is 11.8 Å². The van der Waals surface area contributed by atoms with Gasteiger partial charge in [-0.05, 0) is 24.1 Å². The first-order valence-electron chi connectivity index (χ1n) is 6.17. The molecule has 21 heavy (non-hydrogen) atoms. The molecule has 8 heteroatoms. The Hall–Kier alpha value is -2.38. The summed E-state index contributed by atoms with van der Waals surface area (Å²) in [5, 5.41) is 5.37. The molecule has 0 atom stereocenters. The molecule has 2 aromatic rings. The minimum atomic E-state index is -4.52. The van der Waals surface area contributed by atoms with Crippen molar-refractivity contribution in [2.45, 2.75) is 19.6 Å². The van der Waals surface area contributed by atoms with Crippen molar-refractivity contribution in [3.8, 4) is 0 Å². The summed E-state index contributed by atoms with van der Waals surface area (Å²) < 4.78 is 38.3. The predicted molar refractivity (Wildman–Crippen MR) is 72.9 cm³/mol. The number of aryl methyl sites for hydroxylation is 1. The van der Waals surface area contributed by atoms with E-state index in [1.807, 2.05) is 13.0 Å². The Morgan fingerprint density at radius 2 is 2.00 bits per heavy atom. The van der Waals surface area contributed by atoms with Crippen LogP contribution >= 0.6 is 0 Å². The quantitative estimate of drug-likeness (QED) is 0.908. The van der Waals surface area contributed by atoms with Crippen molar-refractivity contribution in [3.05, 3.63) is 41.3 Å². The largest absolute Gasteiger partial charge is 0.433 e. The summed E-state index contributed by atoms with van der Waals surface area (Å²) in [6.07, 6.45) is -1.20. The van der Waals surface area contributed by atoms with E-state index < -0.39 is 11.9 Å². The molecule has 2 aromatic heterocycles. The number of aromatic nitrogens is 3. The fourth-order valence-corrected chi connectivity index (χ4v) is 1.66. The van der Waals surface area contributed by atoms with E-state index in [2.05, 4.69) is 25.6 Å². The van der Waals surface area contributed by atoms with Gasteiger partial charge in [0, 0.05) is 32.1 Å². The Labute approximate surface area is 119 Å². The highest BCUT2D eigenvalue weighted by molar-refractivity contribution is 5.43. The average Bonchev–Trinajstić information content (AvgIpc) is 2.45. The molecule has 0 saturated carbocycles. The molecule has 0 aliphatic rings. The van der Waals surface area contributed by atoms with E-state index in [-0.39, 0.29) is 11.8 Å². The number of hydrogen-bond donors (Lipinski definition) is 2. The molecule has 0 unspecified atom stereocenters. The van der Waals surface area contributed by atoms with Crippen molar-refractivity contribution < 1.29 is 13.2 Å². The minimum absolute atomic E-state index is 0.0877. The summed E-state index contributed by atoms with van der Waals surface area (Å²) in [6, 6.07) is 2.71. The molecule has 2 heterocycles. The van der Waals surface area contributed by atoms with E-state index in [9.17, 15) is 13.2 Å². The van der Waals surface area contributed by atoms with Gasteiger partial charge in [0.2, 0.25) is 5.95 Å². The third-order valence-corrected chi connectivity index (χ3v) is 2.85. The van der Waals surface area contributed by atoms with E-state index in [1.165, 1.54) is 7.05 Å². The molecule has 5 nitrogen and oxygen atoms in total. The Morgan fingerprint density at radius 1 is 1.24 bits per heavy atom. The summed E-state index contributed by atoms with van der Waals surface area (Å²) in [6.45, 7) is 2.23. The molecular weight excluding hydrogens is 283 g/mol. The number of nitrogens with zero attached hydrogens (tertiary/aromatic N) is 3. The topological polar surface area (TPSA) is 62.7 Å². The molecule has 0 aromatic carbocycles. The zero-order valence-corrected chi connectivity index (χ0v) is 11.5. The lowest BCUT2D eigenvalue weighted by molar-refractivity contribution is -0.141. The van der Waals surface area contributed by atoms with Crippen LogP contribution < -0.4 is 10.6 Å². The summed E-state index contributed by atoms with van der Waals surface area (Å²) in [7, 11) is 1.46. The fourth-order valence-electron chi connectivity index (χ4n) is 1.66. The van der Waals surface area contributed by atoms with Gasteiger partial charge in [0.25, 0.3) is 0 Å². The Bertz CT molecular complexity index is 627. The normalized spacial score (nSPS) is 11.3. The van der Waals surface area contributed by atoms with Crippen LogP contribution in [0.15, 0.2) is 24.5 Å². The molecule has 112 valence electrons. The number of anilines is 2. The molecule has 0 radical (unpaired) electrons. The van der Waals surface area contributed by atoms with Crippen molar-refractivity contribution in [2.24, 2.45) is 0 Å². The first-order chi connectivity index (χ1) is 9.90. The van der Waals surface area contributed by atoms with Crippen LogP contribution in [-0.4, -0.2) is 22.0 Å². The van der Waals surface area contributed by atoms with Gasteiger partial charge in [-0.25, -0.2) is 4.98 Å². The lowest BCUT2D eigenvalue weighted by Gasteiger charge is -2.12. The predicted octanol–water partition coefficient (Wildman–Crippen LogP) is 2.85. The van der Waals surface area contributed by atoms with Crippen LogP contribution in [0.1, 0.15) is 16.8 Å². The summed E-state index contributed by atoms with van der Waals surface area (Å²) in [5.41, 5.74) is 0.888. The highest BCUT2D eigenvalue weighted by Crippen LogP contribution is 2.29. The summed E-state index contributed by atoms with van der Waals surface area (Å²) >= 11 is 0. The van der Waals surface area contributed by atoms with Crippen molar-refractivity contribution in [1.82, 2.24) is 15.0 Å². The minimum Gasteiger partial charge on any atom is -0.366 e. The van der Waals surface area contributed by atoms with Gasteiger partial charge in [-0.3, -0.25) is 4.98 Å². The van der Waals surface area contributed by atoms with Gasteiger partial charge in [-0.15, -0.1) is 0 Å². The van der Waals surface area contributed by atoms with Gasteiger partial charge in [0.05, 0.1) is 0 Å². The monoisotopic (exact) mass is 297 g/mol. The van der Waals surface area contributed by atoms with E-state index in [0.717, 1.165) is 17.2 Å². The average molecular weight is 297 g/mol. The standard InChI is InChI=1S/C13H14F3N5/c1-8-3-4-18-6-9(8)7-19-11-5-10(13(14,15)16)20-12(17-2)21-11/h3-6H,7H2,1-2H3,(H2,17,19,20,21). The van der Waals surface area contributed by atoms with E-state index in [4.69, 9.17) is 0 Å². The number of halogens is 3. The summed E-state index contributed by atoms with van der Waals surface area (Å²) in [4.78, 5) is 11.3. The first kappa shape index (κ1) is 15.0. The van der Waals surface area contributed by atoms with E-state index in [0.29, 0.717) is 6.54 Å². The zero-order valence-electron chi connectivity index (χ0n) is 11.5. The number of alkyl halides is 3. The second-order valence-electron chi connectivity index (χ2n) is 4.37. The maximum absolute atomic E-state index is 12.8. The van der Waals surface area contributed by atoms with Crippen molar-refractivity contribution in [2.75, 3.05) is 17.7 Å². The zero-order chi connectivity index (χ0) is 15.5. The van der Waals surface area contributed by atoms with Crippen LogP contribution in [0.5, 0.6) is 0 Å². The van der Waals surface area contributed by atoms with Crippen molar-refractivity contribution in [1.29, 1.82) is 0 Å². The third-order valence-electron chi connectivity index (χ3n) is 2.85. The molecule has 0 aliphatic heterocycles. The van der Waals surface area contributed by atoms with Crippen molar-refractivity contribution in [3.63, 3.8) is 0 Å². The Kier molecular flexibility index (Phi) is 4.25. The van der Waals surface area contributed by atoms with Crippen LogP contribution in [0.25, 0.3) is 0 Å². The fraction of sp³-hybridized carbons (Fsp3) is 0.308. The van der Waals surface area contributed by atoms with Gasteiger partial charge < -0.3 is 10.6 Å². The Morgan fingerprint density at radius 3 is 2.62 bits per heavy atom. The van der Waals surface area contributed by atoms with Gasteiger partial charge in [-0.2, -0.15) is 18.2 Å². The van der Waals surface area contributed by atoms with Crippen LogP contribution in [0.4, 0.5) is 24.9 Å². The van der Waals surface area contributed by atoms with Gasteiger partial charge in [0.15, 0.2) is 5.69 Å². The lowest BCUT2D eigenvalue weighted by atomic mass is 10.1. The number of hydrogen-bond acceptors (Lipinski definition) is 5. The Balaban J connectivity index is 2.22. The van der Waals surface area contributed by atoms with Crippen LogP contribution in [0, 0.1) is 6.92 Å². The van der Waals surface area contributed by atoms with Gasteiger partial charge in [0.1, 0.15) is 5.82 Å². The molecular formula is C13H14F3N5. The van der Waals surface area contributed by atoms with Crippen LogP contribution in [-0.2, 0) is 12.7 Å². The van der Waals surface area contributed by atoms with E-state index >= 15 is 0 Å². The number of rotatable bonds is 4.